The van der Waals surface area contributed by atoms with Gasteiger partial charge in [0.25, 0.3) is 0 Å². The van der Waals surface area contributed by atoms with E-state index in [0.29, 0.717) is 0 Å². The van der Waals surface area contributed by atoms with Crippen molar-refractivity contribution in [1.82, 2.24) is 9.80 Å². The molecule has 1 aliphatic rings. The van der Waals surface area contributed by atoms with Gasteiger partial charge in [-0.3, -0.25) is 19.4 Å². The lowest BCUT2D eigenvalue weighted by atomic mass is 10.1. The number of hydrogen-bond acceptors (Lipinski definition) is 4. The number of carbonyl (C=O) groups is 3. The Morgan fingerprint density at radius 2 is 1.40 bits per heavy atom. The quantitative estimate of drug-likeness (QED) is 0.599. The zero-order valence-corrected chi connectivity index (χ0v) is 13.8. The zero-order valence-electron chi connectivity index (χ0n) is 13.8. The Balaban J connectivity index is 1.77. The minimum Gasteiger partial charge on any atom is -0.375 e. The molecule has 0 spiro atoms. The summed E-state index contributed by atoms with van der Waals surface area (Å²) in [6, 6.07) is 17.7. The van der Waals surface area contributed by atoms with Gasteiger partial charge in [-0.15, -0.1) is 0 Å². The van der Waals surface area contributed by atoms with E-state index in [-0.39, 0.29) is 13.1 Å². The van der Waals surface area contributed by atoms with E-state index >= 15 is 0 Å². The van der Waals surface area contributed by atoms with Crippen molar-refractivity contribution >= 4 is 17.8 Å². The third-order valence-corrected chi connectivity index (χ3v) is 4.12. The Bertz CT molecular complexity index is 777. The highest BCUT2D eigenvalue weighted by Crippen LogP contribution is 2.22. The molecule has 3 rings (SSSR count). The van der Waals surface area contributed by atoms with Crippen LogP contribution >= 0.6 is 0 Å². The van der Waals surface area contributed by atoms with Gasteiger partial charge in [0.15, 0.2) is 0 Å². The van der Waals surface area contributed by atoms with Gasteiger partial charge in [0.1, 0.15) is 6.10 Å². The number of rotatable bonds is 6. The molecule has 2 aromatic carbocycles. The van der Waals surface area contributed by atoms with Gasteiger partial charge in [-0.25, -0.2) is 4.79 Å². The number of carbonyl (C=O) groups excluding carboxylic acids is 3. The summed E-state index contributed by atoms with van der Waals surface area (Å²) in [6.45, 7) is 0.0684. The van der Waals surface area contributed by atoms with Crippen LogP contribution in [0.3, 0.4) is 0 Å². The van der Waals surface area contributed by atoms with E-state index in [9.17, 15) is 14.4 Å². The maximum atomic E-state index is 12.6. The number of imide groups is 2. The zero-order chi connectivity index (χ0) is 17.8. The molecular formula is C19H18N2O4. The molecule has 2 aromatic rings. The van der Waals surface area contributed by atoms with Crippen molar-refractivity contribution in [3.05, 3.63) is 71.8 Å². The van der Waals surface area contributed by atoms with Crippen molar-refractivity contribution in [3.63, 3.8) is 0 Å². The van der Waals surface area contributed by atoms with Crippen LogP contribution in [0, 0.1) is 0 Å². The molecule has 1 atom stereocenters. The van der Waals surface area contributed by atoms with Crippen LogP contribution in [0.5, 0.6) is 0 Å². The van der Waals surface area contributed by atoms with Crippen molar-refractivity contribution in [2.45, 2.75) is 12.6 Å². The van der Waals surface area contributed by atoms with Gasteiger partial charge in [0.05, 0.1) is 13.1 Å². The first kappa shape index (κ1) is 16.9. The van der Waals surface area contributed by atoms with Crippen LogP contribution in [-0.2, 0) is 20.9 Å². The fraction of sp³-hybridized carbons (Fsp3) is 0.211. The summed E-state index contributed by atoms with van der Waals surface area (Å²) in [5, 5.41) is 0. The van der Waals surface area contributed by atoms with Crippen LogP contribution < -0.4 is 0 Å². The summed E-state index contributed by atoms with van der Waals surface area (Å²) in [4.78, 5) is 39.0. The van der Waals surface area contributed by atoms with Crippen LogP contribution in [0.15, 0.2) is 60.7 Å². The second-order valence-electron chi connectivity index (χ2n) is 5.71. The Morgan fingerprint density at radius 3 is 2.00 bits per heavy atom. The normalized spacial score (nSPS) is 15.8. The van der Waals surface area contributed by atoms with E-state index in [1.54, 1.807) is 12.1 Å². The van der Waals surface area contributed by atoms with Crippen LogP contribution in [-0.4, -0.2) is 41.3 Å². The maximum absolute atomic E-state index is 12.6. The van der Waals surface area contributed by atoms with E-state index < -0.39 is 23.9 Å². The highest BCUT2D eigenvalue weighted by molar-refractivity contribution is 6.44. The van der Waals surface area contributed by atoms with Gasteiger partial charge in [-0.2, -0.15) is 0 Å². The molecule has 0 bridgehead atoms. The first-order chi connectivity index (χ1) is 12.1. The summed E-state index contributed by atoms with van der Waals surface area (Å²) >= 11 is 0. The van der Waals surface area contributed by atoms with Crippen LogP contribution in [0.1, 0.15) is 17.2 Å². The van der Waals surface area contributed by atoms with Crippen LogP contribution in [0.2, 0.25) is 0 Å². The number of methoxy groups -OCH3 is 1. The molecule has 0 saturated carbocycles. The van der Waals surface area contributed by atoms with Crippen molar-refractivity contribution in [1.29, 1.82) is 0 Å². The van der Waals surface area contributed by atoms with E-state index in [4.69, 9.17) is 4.74 Å². The second-order valence-corrected chi connectivity index (χ2v) is 5.71. The molecule has 4 amide bonds. The summed E-state index contributed by atoms with van der Waals surface area (Å²) < 4.78 is 5.41. The van der Waals surface area contributed by atoms with Crippen LogP contribution in [0.4, 0.5) is 4.79 Å². The minimum atomic E-state index is -0.820. The second kappa shape index (κ2) is 7.27. The Morgan fingerprint density at radius 1 is 0.840 bits per heavy atom. The molecule has 128 valence electrons. The van der Waals surface area contributed by atoms with E-state index in [0.717, 1.165) is 20.9 Å². The van der Waals surface area contributed by atoms with Crippen molar-refractivity contribution in [2.75, 3.05) is 13.7 Å². The summed E-state index contributed by atoms with van der Waals surface area (Å²) in [5.74, 6) is -1.63. The van der Waals surface area contributed by atoms with Gasteiger partial charge >= 0.3 is 17.8 Å². The predicted octanol–water partition coefficient (Wildman–Crippen LogP) is 2.37. The smallest absolute Gasteiger partial charge is 0.334 e. The molecule has 6 heteroatoms. The number of benzene rings is 2. The predicted molar refractivity (Wildman–Crippen MR) is 90.3 cm³/mol. The minimum absolute atomic E-state index is 0.00475. The SMILES string of the molecule is CO[C@H](CN1C(=O)C(=O)N(Cc2ccccc2)C1=O)c1ccccc1. The van der Waals surface area contributed by atoms with Gasteiger partial charge < -0.3 is 4.74 Å². The molecule has 1 heterocycles. The number of nitrogens with zero attached hydrogens (tertiary/aromatic N) is 2. The van der Waals surface area contributed by atoms with Crippen molar-refractivity contribution in [2.24, 2.45) is 0 Å². The molecule has 0 radical (unpaired) electrons. The maximum Gasteiger partial charge on any atom is 0.334 e. The third-order valence-electron chi connectivity index (χ3n) is 4.12. The van der Waals surface area contributed by atoms with Crippen LogP contribution in [0.25, 0.3) is 0 Å². The monoisotopic (exact) mass is 338 g/mol. The molecular weight excluding hydrogens is 320 g/mol. The van der Waals surface area contributed by atoms with Gasteiger partial charge in [-0.1, -0.05) is 60.7 Å². The first-order valence-corrected chi connectivity index (χ1v) is 7.91. The molecule has 0 aliphatic carbocycles. The summed E-state index contributed by atoms with van der Waals surface area (Å²) in [5.41, 5.74) is 1.62. The Kier molecular flexibility index (Phi) is 4.90. The molecule has 0 N–H and O–H groups in total. The average Bonchev–Trinajstić information content (AvgIpc) is 2.85. The third kappa shape index (κ3) is 3.44. The average molecular weight is 338 g/mol. The van der Waals surface area contributed by atoms with Crippen molar-refractivity contribution in [3.8, 4) is 0 Å². The largest absolute Gasteiger partial charge is 0.375 e. The number of ether oxygens (including phenoxy) is 1. The summed E-state index contributed by atoms with van der Waals surface area (Å²) in [7, 11) is 1.51. The number of amides is 4. The van der Waals surface area contributed by atoms with E-state index in [1.807, 2.05) is 48.5 Å². The Labute approximate surface area is 145 Å². The van der Waals surface area contributed by atoms with Gasteiger partial charge in [0.2, 0.25) is 0 Å². The molecule has 1 fully saturated rings. The fourth-order valence-electron chi connectivity index (χ4n) is 2.77. The molecule has 6 nitrogen and oxygen atoms in total. The fourth-order valence-corrected chi connectivity index (χ4v) is 2.77. The molecule has 25 heavy (non-hydrogen) atoms. The molecule has 0 aromatic heterocycles. The topological polar surface area (TPSA) is 66.9 Å². The standard InChI is InChI=1S/C19H18N2O4/c1-25-16(15-10-6-3-7-11-15)13-21-18(23)17(22)20(19(21)24)12-14-8-4-2-5-9-14/h2-11,16H,12-13H2,1H3/t16-/m1/s1. The van der Waals surface area contributed by atoms with Gasteiger partial charge in [-0.05, 0) is 11.1 Å². The molecule has 1 saturated heterocycles. The summed E-state index contributed by atoms with van der Waals surface area (Å²) in [6.07, 6.45) is -0.487. The van der Waals surface area contributed by atoms with E-state index in [2.05, 4.69) is 0 Å². The van der Waals surface area contributed by atoms with Gasteiger partial charge in [0, 0.05) is 7.11 Å². The Hall–Kier alpha value is -2.99. The highest BCUT2D eigenvalue weighted by Gasteiger charge is 2.45. The molecule has 1 aliphatic heterocycles. The van der Waals surface area contributed by atoms with Crippen molar-refractivity contribution < 1.29 is 19.1 Å². The number of hydrogen-bond donors (Lipinski definition) is 0. The molecule has 0 unspecified atom stereocenters. The van der Waals surface area contributed by atoms with E-state index in [1.165, 1.54) is 7.11 Å². The highest BCUT2D eigenvalue weighted by atomic mass is 16.5. The lowest BCUT2D eigenvalue weighted by Crippen LogP contribution is -2.36. The first-order valence-electron chi connectivity index (χ1n) is 7.91. The number of urea groups is 1. The lowest BCUT2D eigenvalue weighted by Gasteiger charge is -2.21. The lowest BCUT2D eigenvalue weighted by molar-refractivity contribution is -0.144.